The van der Waals surface area contributed by atoms with Crippen LogP contribution in [0.2, 0.25) is 0 Å². The molecule has 216 valence electrons. The van der Waals surface area contributed by atoms with Crippen molar-refractivity contribution in [3.63, 3.8) is 0 Å². The minimum atomic E-state index is -1.00. The maximum absolute atomic E-state index is 10.4. The van der Waals surface area contributed by atoms with Gasteiger partial charge in [-0.25, -0.2) is 0 Å². The summed E-state index contributed by atoms with van der Waals surface area (Å²) in [6, 6.07) is 7.45. The van der Waals surface area contributed by atoms with Crippen molar-refractivity contribution in [3.8, 4) is 0 Å². The normalized spacial score (nSPS) is 15.0. The van der Waals surface area contributed by atoms with Gasteiger partial charge in [0.1, 0.15) is 18.1 Å². The number of carbonyl (C=O) groups is 4. The molecule has 3 atom stereocenters. The zero-order valence-corrected chi connectivity index (χ0v) is 21.2. The summed E-state index contributed by atoms with van der Waals surface area (Å²) in [5.41, 5.74) is 21.4. The molecule has 38 heavy (non-hydrogen) atoms. The third kappa shape index (κ3) is 22.7. The van der Waals surface area contributed by atoms with Gasteiger partial charge in [-0.2, -0.15) is 0 Å². The molecular formula is C23H41N7O8. The Kier molecular flexibility index (Phi) is 21.4. The van der Waals surface area contributed by atoms with E-state index < -0.39 is 36.0 Å². The number of aliphatic carboxylic acids is 4. The van der Waals surface area contributed by atoms with E-state index in [0.717, 1.165) is 24.9 Å². The van der Waals surface area contributed by atoms with Crippen LogP contribution in [0.15, 0.2) is 30.3 Å². The van der Waals surface area contributed by atoms with Crippen LogP contribution < -0.4 is 33.6 Å². The lowest BCUT2D eigenvalue weighted by Gasteiger charge is -2.06. The summed E-state index contributed by atoms with van der Waals surface area (Å²) in [5.74, 6) is -3.63. The molecule has 15 heteroatoms. The molecule has 0 spiro atoms. The molecule has 15 nitrogen and oxygen atoms in total. The monoisotopic (exact) mass is 543 g/mol. The zero-order valence-electron chi connectivity index (χ0n) is 21.2. The van der Waals surface area contributed by atoms with Crippen molar-refractivity contribution >= 4 is 29.8 Å². The quantitative estimate of drug-likeness (QED) is 0.0864. The molecule has 0 radical (unpaired) electrons. The van der Waals surface area contributed by atoms with Crippen molar-refractivity contribution < 1.29 is 39.6 Å². The fourth-order valence-electron chi connectivity index (χ4n) is 2.64. The number of benzene rings is 1. The lowest BCUT2D eigenvalue weighted by atomic mass is 10.1. The van der Waals surface area contributed by atoms with Crippen LogP contribution in [0.4, 0.5) is 0 Å². The molecule has 1 aromatic carbocycles. The van der Waals surface area contributed by atoms with Crippen LogP contribution in [0, 0.1) is 5.41 Å². The number of nitrogens with two attached hydrogens (primary N) is 4. The Morgan fingerprint density at radius 2 is 1.61 bits per heavy atom. The highest BCUT2D eigenvalue weighted by molar-refractivity contribution is 5.74. The van der Waals surface area contributed by atoms with Crippen molar-refractivity contribution in [1.29, 1.82) is 5.41 Å². The van der Waals surface area contributed by atoms with E-state index in [4.69, 9.17) is 48.8 Å². The maximum atomic E-state index is 10.4. The maximum Gasteiger partial charge on any atom is 0.320 e. The Bertz CT molecular complexity index is 836. The highest BCUT2D eigenvalue weighted by Gasteiger charge is 2.20. The van der Waals surface area contributed by atoms with Crippen LogP contribution in [-0.4, -0.2) is 88.0 Å². The molecule has 1 aliphatic rings. The summed E-state index contributed by atoms with van der Waals surface area (Å²) in [6.07, 6.45) is 3.21. The van der Waals surface area contributed by atoms with E-state index in [2.05, 4.69) is 10.6 Å². The Morgan fingerprint density at radius 3 is 1.95 bits per heavy atom. The number of nitrogens with one attached hydrogen (secondary N) is 3. The van der Waals surface area contributed by atoms with Gasteiger partial charge in [0.2, 0.25) is 0 Å². The first kappa shape index (κ1) is 36.4. The van der Waals surface area contributed by atoms with E-state index in [-0.39, 0.29) is 25.0 Å². The van der Waals surface area contributed by atoms with Crippen molar-refractivity contribution in [3.05, 3.63) is 35.9 Å². The molecule has 0 bridgehead atoms. The van der Waals surface area contributed by atoms with E-state index >= 15 is 0 Å². The summed E-state index contributed by atoms with van der Waals surface area (Å²) in [6.45, 7) is 1.57. The van der Waals surface area contributed by atoms with Gasteiger partial charge >= 0.3 is 23.9 Å². The minimum absolute atomic E-state index is 0.0694. The lowest BCUT2D eigenvalue weighted by molar-refractivity contribution is -0.139. The molecule has 0 saturated carbocycles. The minimum Gasteiger partial charge on any atom is -0.481 e. The molecular weight excluding hydrogens is 502 g/mol. The van der Waals surface area contributed by atoms with Gasteiger partial charge in [-0.15, -0.1) is 0 Å². The number of carboxylic acid groups (broad SMARTS) is 4. The molecule has 0 aliphatic carbocycles. The van der Waals surface area contributed by atoms with Crippen LogP contribution >= 0.6 is 0 Å². The van der Waals surface area contributed by atoms with Crippen LogP contribution in [-0.2, 0) is 25.6 Å². The average Bonchev–Trinajstić information content (AvgIpc) is 3.39. The predicted octanol–water partition coefficient (Wildman–Crippen LogP) is -1.45. The van der Waals surface area contributed by atoms with Crippen molar-refractivity contribution in [2.45, 2.75) is 56.7 Å². The summed E-state index contributed by atoms with van der Waals surface area (Å²) in [4.78, 5) is 40.3. The largest absolute Gasteiger partial charge is 0.481 e. The summed E-state index contributed by atoms with van der Waals surface area (Å²) < 4.78 is 0. The van der Waals surface area contributed by atoms with Crippen LogP contribution in [0.5, 0.6) is 0 Å². The third-order valence-corrected chi connectivity index (χ3v) is 4.66. The highest BCUT2D eigenvalue weighted by atomic mass is 16.4. The molecule has 2 rings (SSSR count). The molecule has 1 fully saturated rings. The first-order chi connectivity index (χ1) is 17.8. The second kappa shape index (κ2) is 22.4. The number of hydrogen-bond donors (Lipinski definition) is 11. The third-order valence-electron chi connectivity index (χ3n) is 4.66. The Balaban J connectivity index is 0. The SMILES string of the molecule is N=C(N)NCCCC(N)C(=O)O.NC(Cc1ccccc1)C(=O)O.NCCC(=O)O.O=C(O)[C@@H]1CCCN1. The van der Waals surface area contributed by atoms with Gasteiger partial charge < -0.3 is 54.0 Å². The van der Waals surface area contributed by atoms with Crippen molar-refractivity contribution in [2.75, 3.05) is 19.6 Å². The van der Waals surface area contributed by atoms with Crippen LogP contribution in [0.1, 0.15) is 37.7 Å². The standard InChI is InChI=1S/C9H11NO2.C6H14N4O2.C5H9NO2.C3H7NO2/c10-8(9(11)12)6-7-4-2-1-3-5-7;7-4(5(11)12)2-1-3-10-6(8)9;7-5(8)4-2-1-3-6-4;4-2-1-3(5)6/h1-5,8H,6,10H2,(H,11,12);4H,1-3,7H2,(H,11,12)(H4,8,9,10);4,6H,1-3H2,(H,7,8);1-2,4H2,(H,5,6)/t;;4-;/m..0./s1. The van der Waals surface area contributed by atoms with Crippen molar-refractivity contribution in [1.82, 2.24) is 10.6 Å². The van der Waals surface area contributed by atoms with Gasteiger partial charge in [-0.3, -0.25) is 24.6 Å². The number of rotatable bonds is 11. The molecule has 1 aliphatic heterocycles. The van der Waals surface area contributed by atoms with E-state index in [1.165, 1.54) is 0 Å². The fourth-order valence-corrected chi connectivity index (χ4v) is 2.64. The molecule has 0 aromatic heterocycles. The van der Waals surface area contributed by atoms with Gasteiger partial charge in [0.15, 0.2) is 5.96 Å². The molecule has 1 aromatic rings. The second-order valence-corrected chi connectivity index (χ2v) is 7.98. The van der Waals surface area contributed by atoms with Gasteiger partial charge in [-0.1, -0.05) is 30.3 Å². The van der Waals surface area contributed by atoms with Gasteiger partial charge in [-0.05, 0) is 44.2 Å². The summed E-state index contributed by atoms with van der Waals surface area (Å²) >= 11 is 0. The predicted molar refractivity (Wildman–Crippen MR) is 140 cm³/mol. The first-order valence-electron chi connectivity index (χ1n) is 11.8. The first-order valence-corrected chi connectivity index (χ1v) is 11.8. The number of carboxylic acids is 4. The van der Waals surface area contributed by atoms with E-state index in [1.54, 1.807) is 0 Å². The molecule has 1 heterocycles. The van der Waals surface area contributed by atoms with Gasteiger partial charge in [0, 0.05) is 13.1 Å². The van der Waals surface area contributed by atoms with E-state index in [1.807, 2.05) is 30.3 Å². The summed E-state index contributed by atoms with van der Waals surface area (Å²) in [5, 5.41) is 45.3. The lowest BCUT2D eigenvalue weighted by Crippen LogP contribution is -2.34. The Morgan fingerprint density at radius 1 is 1.03 bits per heavy atom. The fraction of sp³-hybridized carbons (Fsp3) is 0.522. The average molecular weight is 544 g/mol. The van der Waals surface area contributed by atoms with Gasteiger partial charge in [0.05, 0.1) is 6.42 Å². The van der Waals surface area contributed by atoms with E-state index in [9.17, 15) is 19.2 Å². The zero-order chi connectivity index (χ0) is 29.5. The summed E-state index contributed by atoms with van der Waals surface area (Å²) in [7, 11) is 0. The molecule has 0 amide bonds. The molecule has 1 saturated heterocycles. The van der Waals surface area contributed by atoms with Gasteiger partial charge in [0.25, 0.3) is 0 Å². The molecule has 15 N–H and O–H groups in total. The smallest absolute Gasteiger partial charge is 0.320 e. The Labute approximate surface area is 221 Å². The van der Waals surface area contributed by atoms with Crippen LogP contribution in [0.25, 0.3) is 0 Å². The second-order valence-electron chi connectivity index (χ2n) is 7.98. The number of hydrogen-bond acceptors (Lipinski definition) is 9. The molecule has 2 unspecified atom stereocenters. The Hall–Kier alpha value is -3.79. The van der Waals surface area contributed by atoms with E-state index in [0.29, 0.717) is 25.8 Å². The highest BCUT2D eigenvalue weighted by Crippen LogP contribution is 2.03. The topological polar surface area (TPSA) is 301 Å². The number of guanidine groups is 1. The van der Waals surface area contributed by atoms with Crippen molar-refractivity contribution in [2.24, 2.45) is 22.9 Å². The van der Waals surface area contributed by atoms with Crippen LogP contribution in [0.3, 0.4) is 0 Å².